The third-order valence-corrected chi connectivity index (χ3v) is 5.62. The van der Waals surface area contributed by atoms with Crippen molar-refractivity contribution in [3.63, 3.8) is 0 Å². The molecule has 3 rings (SSSR count). The predicted molar refractivity (Wildman–Crippen MR) is 118 cm³/mol. The molecule has 8 heteroatoms. The van der Waals surface area contributed by atoms with Crippen LogP contribution in [-0.4, -0.2) is 66.2 Å². The number of nitrogens with zero attached hydrogens (tertiary/aromatic N) is 2. The summed E-state index contributed by atoms with van der Waals surface area (Å²) in [6, 6.07) is 9.01. The maximum atomic E-state index is 13.3. The zero-order valence-electron chi connectivity index (χ0n) is 18.5. The molecule has 2 aliphatic heterocycles. The van der Waals surface area contributed by atoms with E-state index in [-0.39, 0.29) is 31.1 Å². The molecule has 2 N–H and O–H groups in total. The van der Waals surface area contributed by atoms with Gasteiger partial charge in [-0.3, -0.25) is 19.9 Å². The summed E-state index contributed by atoms with van der Waals surface area (Å²) in [5.41, 5.74) is 0.999. The van der Waals surface area contributed by atoms with Gasteiger partial charge in [-0.1, -0.05) is 37.3 Å². The second-order valence-corrected chi connectivity index (χ2v) is 8.68. The molecule has 2 aliphatic rings. The van der Waals surface area contributed by atoms with Gasteiger partial charge in [-0.05, 0) is 25.8 Å². The predicted octanol–water partition coefficient (Wildman–Crippen LogP) is 1.29. The topological polar surface area (TPSA) is 100 Å². The number of nitrogens with one attached hydrogen (secondary N) is 2. The van der Waals surface area contributed by atoms with Gasteiger partial charge in [0, 0.05) is 25.2 Å². The monoisotopic (exact) mass is 428 g/mol. The van der Waals surface area contributed by atoms with Crippen molar-refractivity contribution in [3.8, 4) is 0 Å². The van der Waals surface area contributed by atoms with Gasteiger partial charge < -0.3 is 19.7 Å². The smallest absolute Gasteiger partial charge is 0.242 e. The number of piperidine rings is 1. The highest BCUT2D eigenvalue weighted by Crippen LogP contribution is 2.21. The van der Waals surface area contributed by atoms with Crippen LogP contribution in [0.3, 0.4) is 0 Å². The molecule has 1 fully saturated rings. The zero-order chi connectivity index (χ0) is 22.4. The van der Waals surface area contributed by atoms with E-state index in [2.05, 4.69) is 15.6 Å². The number of fused-ring (bicyclic) bond motifs is 1. The van der Waals surface area contributed by atoms with Crippen LogP contribution in [0.5, 0.6) is 0 Å². The lowest BCUT2D eigenvalue weighted by Gasteiger charge is -2.39. The van der Waals surface area contributed by atoms with E-state index in [9.17, 15) is 14.4 Å². The van der Waals surface area contributed by atoms with E-state index in [4.69, 9.17) is 4.74 Å². The summed E-state index contributed by atoms with van der Waals surface area (Å²) in [6.45, 7) is 6.70. The van der Waals surface area contributed by atoms with Crippen LogP contribution in [0.1, 0.15) is 39.2 Å². The number of carbonyl (C=O) groups excluding carboxylic acids is 3. The number of hydrogen-bond donors (Lipinski definition) is 2. The Morgan fingerprint density at radius 2 is 2.13 bits per heavy atom. The van der Waals surface area contributed by atoms with Crippen molar-refractivity contribution in [3.05, 3.63) is 35.9 Å². The Morgan fingerprint density at radius 3 is 2.81 bits per heavy atom. The van der Waals surface area contributed by atoms with Gasteiger partial charge in [0.05, 0.1) is 24.7 Å². The minimum absolute atomic E-state index is 0.0765. The maximum Gasteiger partial charge on any atom is 0.242 e. The lowest BCUT2D eigenvalue weighted by molar-refractivity contribution is -0.138. The molecule has 1 saturated heterocycles. The van der Waals surface area contributed by atoms with Crippen LogP contribution in [-0.2, 0) is 25.7 Å². The first-order valence-corrected chi connectivity index (χ1v) is 10.8. The van der Waals surface area contributed by atoms with Crippen LogP contribution in [0.2, 0.25) is 0 Å². The van der Waals surface area contributed by atoms with Crippen LogP contribution < -0.4 is 10.6 Å². The number of aldehydes is 1. The zero-order valence-corrected chi connectivity index (χ0v) is 18.5. The molecule has 1 aromatic rings. The Labute approximate surface area is 183 Å². The number of benzene rings is 1. The molecule has 0 radical (unpaired) electrons. The number of rotatable bonds is 9. The maximum absolute atomic E-state index is 13.3. The van der Waals surface area contributed by atoms with Gasteiger partial charge in [0.15, 0.2) is 0 Å². The Kier molecular flexibility index (Phi) is 7.56. The highest BCUT2D eigenvalue weighted by molar-refractivity contribution is 6.07. The molecule has 0 saturated carbocycles. The molecule has 168 valence electrons. The number of aliphatic imine (C=N–C) groups is 1. The van der Waals surface area contributed by atoms with Gasteiger partial charge in [-0.25, -0.2) is 0 Å². The molecule has 0 bridgehead atoms. The van der Waals surface area contributed by atoms with Crippen LogP contribution in [0.15, 0.2) is 35.3 Å². The summed E-state index contributed by atoms with van der Waals surface area (Å²) in [4.78, 5) is 43.6. The quantitative estimate of drug-likeness (QED) is 0.578. The number of carbonyl (C=O) groups is 3. The molecule has 0 aliphatic carbocycles. The summed E-state index contributed by atoms with van der Waals surface area (Å²) in [5, 5.41) is 6.01. The molecule has 3 atom stereocenters. The fourth-order valence-corrected chi connectivity index (χ4v) is 3.87. The third kappa shape index (κ3) is 5.98. The fraction of sp³-hybridized carbons (Fsp3) is 0.565. The third-order valence-electron chi connectivity index (χ3n) is 5.62. The second kappa shape index (κ2) is 10.2. The Morgan fingerprint density at radius 1 is 1.39 bits per heavy atom. The molecule has 8 nitrogen and oxygen atoms in total. The number of hydrogen-bond acceptors (Lipinski definition) is 6. The van der Waals surface area contributed by atoms with Crippen molar-refractivity contribution >= 4 is 23.8 Å². The number of likely N-dealkylation sites (tertiary alicyclic amines) is 1. The van der Waals surface area contributed by atoms with Crippen molar-refractivity contribution in [1.29, 1.82) is 0 Å². The fourth-order valence-electron chi connectivity index (χ4n) is 3.87. The Hall–Kier alpha value is -2.58. The average Bonchev–Trinajstić information content (AvgIpc) is 2.78. The molecular formula is C23H32N4O4. The van der Waals surface area contributed by atoms with E-state index in [1.807, 2.05) is 37.3 Å². The molecule has 2 heterocycles. The van der Waals surface area contributed by atoms with E-state index < -0.39 is 17.5 Å². The van der Waals surface area contributed by atoms with Crippen molar-refractivity contribution in [2.75, 3.05) is 19.7 Å². The summed E-state index contributed by atoms with van der Waals surface area (Å²) < 4.78 is 5.81. The van der Waals surface area contributed by atoms with Crippen LogP contribution in [0.25, 0.3) is 0 Å². The van der Waals surface area contributed by atoms with E-state index >= 15 is 0 Å². The Balaban J connectivity index is 1.67. The molecule has 1 aromatic carbocycles. The first kappa shape index (κ1) is 23.1. The SMILES string of the molecule is CCC1N=C2CCN(C(=O)[C@@H](COCc3ccccc3)NC(C)(C)C=O)CC2C(=O)N1. The second-order valence-electron chi connectivity index (χ2n) is 8.68. The highest BCUT2D eigenvalue weighted by Gasteiger charge is 2.39. The first-order valence-electron chi connectivity index (χ1n) is 10.8. The van der Waals surface area contributed by atoms with Gasteiger partial charge >= 0.3 is 0 Å². The molecule has 0 aromatic heterocycles. The lowest BCUT2D eigenvalue weighted by atomic mass is 9.92. The normalized spacial score (nSPS) is 22.2. The van der Waals surface area contributed by atoms with Crippen LogP contribution in [0, 0.1) is 5.92 Å². The van der Waals surface area contributed by atoms with Crippen LogP contribution >= 0.6 is 0 Å². The molecule has 31 heavy (non-hydrogen) atoms. The summed E-state index contributed by atoms with van der Waals surface area (Å²) in [5.74, 6) is -0.662. The van der Waals surface area contributed by atoms with Crippen molar-refractivity contribution in [2.45, 2.75) is 58.0 Å². The average molecular weight is 429 g/mol. The van der Waals surface area contributed by atoms with E-state index in [1.54, 1.807) is 18.7 Å². The highest BCUT2D eigenvalue weighted by atomic mass is 16.5. The van der Waals surface area contributed by atoms with E-state index in [1.165, 1.54) is 0 Å². The molecule has 0 spiro atoms. The summed E-state index contributed by atoms with van der Waals surface area (Å²) >= 11 is 0. The summed E-state index contributed by atoms with van der Waals surface area (Å²) in [7, 11) is 0. The minimum Gasteiger partial charge on any atom is -0.375 e. The minimum atomic E-state index is -0.880. The lowest BCUT2D eigenvalue weighted by Crippen LogP contribution is -2.60. The molecule has 2 amide bonds. The van der Waals surface area contributed by atoms with E-state index in [0.29, 0.717) is 19.6 Å². The van der Waals surface area contributed by atoms with E-state index in [0.717, 1.165) is 24.0 Å². The van der Waals surface area contributed by atoms with Crippen LogP contribution in [0.4, 0.5) is 0 Å². The Bertz CT molecular complexity index is 824. The summed E-state index contributed by atoms with van der Waals surface area (Å²) in [6.07, 6.45) is 1.94. The van der Waals surface area contributed by atoms with Crippen molar-refractivity contribution in [1.82, 2.24) is 15.5 Å². The first-order chi connectivity index (χ1) is 14.8. The number of amides is 2. The molecule has 2 unspecified atom stereocenters. The van der Waals surface area contributed by atoms with Gasteiger partial charge in [0.1, 0.15) is 18.5 Å². The standard InChI is InChI=1S/C23H32N4O4/c1-4-20-24-18-10-11-27(12-17(18)21(29)25-20)22(30)19(26-23(2,3)15-28)14-31-13-16-8-6-5-7-9-16/h5-9,15,17,19-20,26H,4,10-14H2,1-3H3,(H,25,29)/t17?,19-,20?/m1/s1. The van der Waals surface area contributed by atoms with Crippen molar-refractivity contribution in [2.24, 2.45) is 10.9 Å². The van der Waals surface area contributed by atoms with Gasteiger partial charge in [0.25, 0.3) is 0 Å². The van der Waals surface area contributed by atoms with Gasteiger partial charge in [0.2, 0.25) is 11.8 Å². The van der Waals surface area contributed by atoms with Crippen molar-refractivity contribution < 1.29 is 19.1 Å². The number of ether oxygens (including phenoxy) is 1. The van der Waals surface area contributed by atoms with Gasteiger partial charge in [-0.2, -0.15) is 0 Å². The largest absolute Gasteiger partial charge is 0.375 e. The molecular weight excluding hydrogens is 396 g/mol. The van der Waals surface area contributed by atoms with Gasteiger partial charge in [-0.15, -0.1) is 0 Å².